The van der Waals surface area contributed by atoms with Crippen molar-refractivity contribution in [3.63, 3.8) is 0 Å². The van der Waals surface area contributed by atoms with E-state index in [-0.39, 0.29) is 17.5 Å². The zero-order valence-electron chi connectivity index (χ0n) is 8.06. The molecule has 1 aromatic rings. The van der Waals surface area contributed by atoms with E-state index < -0.39 is 11.9 Å². The summed E-state index contributed by atoms with van der Waals surface area (Å²) in [6.45, 7) is 0. The third-order valence-electron chi connectivity index (χ3n) is 1.88. The maximum Gasteiger partial charge on any atom is 0.335 e. The van der Waals surface area contributed by atoms with Crippen LogP contribution in [0.25, 0.3) is 0 Å². The fourth-order valence-corrected chi connectivity index (χ4v) is 1.21. The molecule has 0 aliphatic heterocycles. The molecule has 1 aromatic carbocycles. The number of hydrogen-bond donors (Lipinski definition) is 2. The van der Waals surface area contributed by atoms with Crippen LogP contribution in [0, 0.1) is 0 Å². The SMILES string of the molecule is COc1ccc(C(=O)O)c(CC(=O)O)c1. The van der Waals surface area contributed by atoms with Gasteiger partial charge in [-0.1, -0.05) is 0 Å². The standard InChI is InChI=1S/C10H10O5/c1-15-7-2-3-8(10(13)14)6(4-7)5-9(11)12/h2-4H,5H2,1H3,(H,11,12)(H,13,14). The van der Waals surface area contributed by atoms with Crippen LogP contribution in [0.4, 0.5) is 0 Å². The zero-order valence-corrected chi connectivity index (χ0v) is 8.06. The number of aliphatic carboxylic acids is 1. The summed E-state index contributed by atoms with van der Waals surface area (Å²) in [4.78, 5) is 21.3. The summed E-state index contributed by atoms with van der Waals surface area (Å²) in [5, 5.41) is 17.4. The summed E-state index contributed by atoms with van der Waals surface area (Å²) < 4.78 is 4.89. The van der Waals surface area contributed by atoms with E-state index in [9.17, 15) is 9.59 Å². The number of aromatic carboxylic acids is 1. The van der Waals surface area contributed by atoms with E-state index in [1.54, 1.807) is 0 Å². The second-order valence-electron chi connectivity index (χ2n) is 2.90. The molecule has 15 heavy (non-hydrogen) atoms. The van der Waals surface area contributed by atoms with Gasteiger partial charge in [0.15, 0.2) is 0 Å². The first-order valence-electron chi connectivity index (χ1n) is 4.16. The molecule has 0 atom stereocenters. The van der Waals surface area contributed by atoms with Gasteiger partial charge >= 0.3 is 11.9 Å². The second-order valence-corrected chi connectivity index (χ2v) is 2.90. The quantitative estimate of drug-likeness (QED) is 0.775. The Bertz CT molecular complexity index is 397. The lowest BCUT2D eigenvalue weighted by Crippen LogP contribution is -2.08. The van der Waals surface area contributed by atoms with Crippen LogP contribution in [0.1, 0.15) is 15.9 Å². The highest BCUT2D eigenvalue weighted by molar-refractivity contribution is 5.91. The van der Waals surface area contributed by atoms with Crippen molar-refractivity contribution in [3.8, 4) is 5.75 Å². The van der Waals surface area contributed by atoms with Gasteiger partial charge in [-0.15, -0.1) is 0 Å². The number of methoxy groups -OCH3 is 1. The summed E-state index contributed by atoms with van der Waals surface area (Å²) in [5.74, 6) is -1.78. The van der Waals surface area contributed by atoms with Crippen molar-refractivity contribution < 1.29 is 24.5 Å². The van der Waals surface area contributed by atoms with Crippen molar-refractivity contribution in [3.05, 3.63) is 29.3 Å². The van der Waals surface area contributed by atoms with Crippen LogP contribution >= 0.6 is 0 Å². The predicted molar refractivity (Wildman–Crippen MR) is 51.3 cm³/mol. The Hall–Kier alpha value is -2.04. The van der Waals surface area contributed by atoms with Crippen LogP contribution in [-0.2, 0) is 11.2 Å². The molecule has 0 aliphatic rings. The largest absolute Gasteiger partial charge is 0.497 e. The van der Waals surface area contributed by atoms with Gasteiger partial charge in [-0.05, 0) is 23.8 Å². The van der Waals surface area contributed by atoms with Crippen LogP contribution in [-0.4, -0.2) is 29.3 Å². The minimum atomic E-state index is -1.14. The van der Waals surface area contributed by atoms with E-state index in [1.165, 1.54) is 25.3 Å². The maximum atomic E-state index is 10.8. The van der Waals surface area contributed by atoms with Gasteiger partial charge in [-0.25, -0.2) is 4.79 Å². The molecule has 0 saturated heterocycles. The first-order valence-corrected chi connectivity index (χ1v) is 4.16. The molecule has 5 nitrogen and oxygen atoms in total. The molecule has 0 unspecified atom stereocenters. The Labute approximate surface area is 85.9 Å². The molecule has 0 saturated carbocycles. The van der Waals surface area contributed by atoms with Gasteiger partial charge in [0, 0.05) is 0 Å². The molecule has 0 heterocycles. The van der Waals surface area contributed by atoms with Crippen LogP contribution in [0.2, 0.25) is 0 Å². The predicted octanol–water partition coefficient (Wildman–Crippen LogP) is 1.02. The van der Waals surface area contributed by atoms with E-state index >= 15 is 0 Å². The molecule has 80 valence electrons. The number of ether oxygens (including phenoxy) is 1. The summed E-state index contributed by atoms with van der Waals surface area (Å²) in [6.07, 6.45) is -0.334. The van der Waals surface area contributed by atoms with Crippen LogP contribution in [0.3, 0.4) is 0 Å². The Morgan fingerprint density at radius 3 is 2.47 bits per heavy atom. The molecule has 0 aromatic heterocycles. The minimum absolute atomic E-state index is 0.0156. The van der Waals surface area contributed by atoms with Gasteiger partial charge < -0.3 is 14.9 Å². The summed E-state index contributed by atoms with van der Waals surface area (Å²) in [6, 6.07) is 4.23. The lowest BCUT2D eigenvalue weighted by molar-refractivity contribution is -0.136. The van der Waals surface area contributed by atoms with Crippen molar-refractivity contribution >= 4 is 11.9 Å². The Kier molecular flexibility index (Phi) is 3.28. The van der Waals surface area contributed by atoms with Gasteiger partial charge in [0.1, 0.15) is 5.75 Å². The molecule has 0 spiro atoms. The van der Waals surface area contributed by atoms with Crippen molar-refractivity contribution in [2.75, 3.05) is 7.11 Å². The van der Waals surface area contributed by atoms with Gasteiger partial charge in [0.2, 0.25) is 0 Å². The highest BCUT2D eigenvalue weighted by Crippen LogP contribution is 2.18. The van der Waals surface area contributed by atoms with Crippen molar-refractivity contribution in [2.24, 2.45) is 0 Å². The molecule has 0 amide bonds. The molecule has 2 N–H and O–H groups in total. The highest BCUT2D eigenvalue weighted by Gasteiger charge is 2.13. The molecule has 0 aliphatic carbocycles. The Morgan fingerprint density at radius 2 is 2.00 bits per heavy atom. The lowest BCUT2D eigenvalue weighted by Gasteiger charge is -2.06. The van der Waals surface area contributed by atoms with Gasteiger partial charge in [-0.2, -0.15) is 0 Å². The molecule has 0 bridgehead atoms. The number of benzene rings is 1. The average molecular weight is 210 g/mol. The van der Waals surface area contributed by atoms with E-state index in [1.807, 2.05) is 0 Å². The summed E-state index contributed by atoms with van der Waals surface area (Å²) in [7, 11) is 1.43. The number of carbonyl (C=O) groups is 2. The molecular weight excluding hydrogens is 200 g/mol. The third-order valence-corrected chi connectivity index (χ3v) is 1.88. The average Bonchev–Trinajstić information content (AvgIpc) is 2.16. The van der Waals surface area contributed by atoms with Crippen LogP contribution in [0.5, 0.6) is 5.75 Å². The smallest absolute Gasteiger partial charge is 0.335 e. The molecule has 5 heteroatoms. The minimum Gasteiger partial charge on any atom is -0.497 e. The fourth-order valence-electron chi connectivity index (χ4n) is 1.21. The molecule has 1 rings (SSSR count). The van der Waals surface area contributed by atoms with E-state index in [2.05, 4.69) is 0 Å². The lowest BCUT2D eigenvalue weighted by atomic mass is 10.0. The van der Waals surface area contributed by atoms with Gasteiger partial charge in [-0.3, -0.25) is 4.79 Å². The van der Waals surface area contributed by atoms with E-state index in [4.69, 9.17) is 14.9 Å². The topological polar surface area (TPSA) is 83.8 Å². The van der Waals surface area contributed by atoms with Crippen LogP contribution < -0.4 is 4.74 Å². The van der Waals surface area contributed by atoms with E-state index in [0.29, 0.717) is 5.75 Å². The van der Waals surface area contributed by atoms with Crippen molar-refractivity contribution in [1.29, 1.82) is 0 Å². The van der Waals surface area contributed by atoms with Crippen molar-refractivity contribution in [2.45, 2.75) is 6.42 Å². The molecule has 0 radical (unpaired) electrons. The molecular formula is C10H10O5. The number of carboxylic acids is 2. The maximum absolute atomic E-state index is 10.8. The van der Waals surface area contributed by atoms with Crippen LogP contribution in [0.15, 0.2) is 18.2 Å². The first-order chi connectivity index (χ1) is 7.04. The monoisotopic (exact) mass is 210 g/mol. The van der Waals surface area contributed by atoms with E-state index in [0.717, 1.165) is 0 Å². The summed E-state index contributed by atoms with van der Waals surface area (Å²) >= 11 is 0. The summed E-state index contributed by atoms with van der Waals surface area (Å²) in [5.41, 5.74) is 0.215. The fraction of sp³-hybridized carbons (Fsp3) is 0.200. The van der Waals surface area contributed by atoms with Gasteiger partial charge in [0.05, 0.1) is 19.1 Å². The second kappa shape index (κ2) is 4.45. The number of carboxylic acid groups (broad SMARTS) is 2. The first kappa shape index (κ1) is 11.0. The Balaban J connectivity index is 3.16. The van der Waals surface area contributed by atoms with Gasteiger partial charge in [0.25, 0.3) is 0 Å². The highest BCUT2D eigenvalue weighted by atomic mass is 16.5. The third kappa shape index (κ3) is 2.70. The number of hydrogen-bond acceptors (Lipinski definition) is 3. The molecule has 0 fully saturated rings. The zero-order chi connectivity index (χ0) is 11.4. The normalized spacial score (nSPS) is 9.67. The number of rotatable bonds is 4. The Morgan fingerprint density at radius 1 is 1.33 bits per heavy atom. The van der Waals surface area contributed by atoms with Crippen molar-refractivity contribution in [1.82, 2.24) is 0 Å².